The van der Waals surface area contributed by atoms with Gasteiger partial charge in [-0.1, -0.05) is 13.8 Å². The van der Waals surface area contributed by atoms with Crippen LogP contribution >= 0.6 is 0 Å². The first-order valence-electron chi connectivity index (χ1n) is 6.10. The summed E-state index contributed by atoms with van der Waals surface area (Å²) in [6.45, 7) is 6.65. The van der Waals surface area contributed by atoms with Crippen LogP contribution in [0.25, 0.3) is 0 Å². The molecule has 1 rings (SSSR count). The lowest BCUT2D eigenvalue weighted by Crippen LogP contribution is -2.14. The Morgan fingerprint density at radius 2 is 2.12 bits per heavy atom. The van der Waals surface area contributed by atoms with Crippen molar-refractivity contribution in [3.05, 3.63) is 0 Å². The minimum atomic E-state index is -0.0881. The van der Waals surface area contributed by atoms with Gasteiger partial charge in [0.1, 0.15) is 6.10 Å². The Kier molecular flexibility index (Phi) is 6.42. The molecule has 94 valence electrons. The van der Waals surface area contributed by atoms with Crippen molar-refractivity contribution in [2.75, 3.05) is 26.4 Å². The summed E-state index contributed by atoms with van der Waals surface area (Å²) in [7, 11) is 0. The average Bonchev–Trinajstić information content (AvgIpc) is 3.10. The second-order valence-corrected chi connectivity index (χ2v) is 4.21. The first kappa shape index (κ1) is 13.5. The van der Waals surface area contributed by atoms with Gasteiger partial charge in [0.15, 0.2) is 0 Å². The van der Waals surface area contributed by atoms with Gasteiger partial charge in [0.2, 0.25) is 0 Å². The van der Waals surface area contributed by atoms with Gasteiger partial charge in [0.25, 0.3) is 0 Å². The van der Waals surface area contributed by atoms with Crippen LogP contribution in [0.1, 0.15) is 33.1 Å². The van der Waals surface area contributed by atoms with E-state index in [1.165, 1.54) is 0 Å². The minimum Gasteiger partial charge on any atom is -0.465 e. The van der Waals surface area contributed by atoms with Gasteiger partial charge >= 0.3 is 5.97 Å². The van der Waals surface area contributed by atoms with Crippen molar-refractivity contribution < 1.29 is 19.0 Å². The topological polar surface area (TPSA) is 48.1 Å². The summed E-state index contributed by atoms with van der Waals surface area (Å²) in [4.78, 5) is 11.3. The highest BCUT2D eigenvalue weighted by Gasteiger charge is 2.21. The highest BCUT2D eigenvalue weighted by Crippen LogP contribution is 2.09. The van der Waals surface area contributed by atoms with Crippen molar-refractivity contribution in [3.8, 4) is 0 Å². The SMILES string of the molecule is CCC(C)C(=O)OCCCCOCC1CO1. The molecule has 4 heteroatoms. The van der Waals surface area contributed by atoms with Gasteiger partial charge in [0, 0.05) is 6.61 Å². The van der Waals surface area contributed by atoms with E-state index in [4.69, 9.17) is 14.2 Å². The quantitative estimate of drug-likeness (QED) is 0.344. The molecular weight excluding hydrogens is 208 g/mol. The van der Waals surface area contributed by atoms with Crippen LogP contribution in [0.2, 0.25) is 0 Å². The fourth-order valence-corrected chi connectivity index (χ4v) is 1.17. The van der Waals surface area contributed by atoms with Gasteiger partial charge in [-0.3, -0.25) is 4.79 Å². The molecule has 0 aromatic carbocycles. The Bertz CT molecular complexity index is 201. The van der Waals surface area contributed by atoms with E-state index in [0.29, 0.717) is 19.3 Å². The maximum absolute atomic E-state index is 11.3. The molecule has 0 N–H and O–H groups in total. The number of carbonyl (C=O) groups is 1. The summed E-state index contributed by atoms with van der Waals surface area (Å²) < 4.78 is 15.5. The standard InChI is InChI=1S/C12H22O4/c1-3-10(2)12(13)15-7-5-4-6-14-8-11-9-16-11/h10-11H,3-9H2,1-2H3. The number of rotatable bonds is 9. The van der Waals surface area contributed by atoms with Gasteiger partial charge in [0.05, 0.1) is 25.7 Å². The molecule has 1 aliphatic heterocycles. The first-order chi connectivity index (χ1) is 7.74. The van der Waals surface area contributed by atoms with E-state index in [1.807, 2.05) is 13.8 Å². The van der Waals surface area contributed by atoms with Crippen LogP contribution in [0, 0.1) is 5.92 Å². The number of epoxide rings is 1. The number of carbonyl (C=O) groups excluding carboxylic acids is 1. The molecule has 1 heterocycles. The summed E-state index contributed by atoms with van der Waals surface area (Å²) in [5.41, 5.74) is 0. The molecule has 0 bridgehead atoms. The van der Waals surface area contributed by atoms with E-state index in [-0.39, 0.29) is 11.9 Å². The Balaban J connectivity index is 1.81. The largest absolute Gasteiger partial charge is 0.465 e. The van der Waals surface area contributed by atoms with Crippen molar-refractivity contribution in [1.82, 2.24) is 0 Å². The summed E-state index contributed by atoms with van der Waals surface area (Å²) in [6, 6.07) is 0. The molecule has 16 heavy (non-hydrogen) atoms. The van der Waals surface area contributed by atoms with Gasteiger partial charge in [-0.15, -0.1) is 0 Å². The maximum Gasteiger partial charge on any atom is 0.308 e. The molecule has 0 radical (unpaired) electrons. The average molecular weight is 230 g/mol. The molecule has 0 saturated carbocycles. The van der Waals surface area contributed by atoms with Crippen LogP contribution in [0.4, 0.5) is 0 Å². The molecule has 0 amide bonds. The van der Waals surface area contributed by atoms with Gasteiger partial charge < -0.3 is 14.2 Å². The van der Waals surface area contributed by atoms with E-state index in [2.05, 4.69) is 0 Å². The maximum atomic E-state index is 11.3. The van der Waals surface area contributed by atoms with Crippen LogP contribution in [-0.4, -0.2) is 38.5 Å². The highest BCUT2D eigenvalue weighted by atomic mass is 16.6. The number of hydrogen-bond donors (Lipinski definition) is 0. The minimum absolute atomic E-state index is 0.0169. The number of unbranched alkanes of at least 4 members (excludes halogenated alkanes) is 1. The van der Waals surface area contributed by atoms with Crippen LogP contribution < -0.4 is 0 Å². The lowest BCUT2D eigenvalue weighted by atomic mass is 10.1. The van der Waals surface area contributed by atoms with E-state index in [9.17, 15) is 4.79 Å². The number of esters is 1. The summed E-state index contributed by atoms with van der Waals surface area (Å²) in [5.74, 6) is -0.0712. The Labute approximate surface area is 97.2 Å². The summed E-state index contributed by atoms with van der Waals surface area (Å²) in [6.07, 6.45) is 2.97. The number of hydrogen-bond acceptors (Lipinski definition) is 4. The van der Waals surface area contributed by atoms with Gasteiger partial charge in [-0.25, -0.2) is 0 Å². The van der Waals surface area contributed by atoms with Crippen molar-refractivity contribution in [1.29, 1.82) is 0 Å². The van der Waals surface area contributed by atoms with Crippen LogP contribution in [0.5, 0.6) is 0 Å². The lowest BCUT2D eigenvalue weighted by molar-refractivity contribution is -0.148. The molecule has 0 aromatic rings. The first-order valence-corrected chi connectivity index (χ1v) is 6.10. The molecule has 0 aliphatic carbocycles. The third-order valence-electron chi connectivity index (χ3n) is 2.65. The van der Waals surface area contributed by atoms with Crippen LogP contribution in [0.3, 0.4) is 0 Å². The monoisotopic (exact) mass is 230 g/mol. The van der Waals surface area contributed by atoms with Crippen molar-refractivity contribution in [2.45, 2.75) is 39.2 Å². The zero-order chi connectivity index (χ0) is 11.8. The summed E-state index contributed by atoms with van der Waals surface area (Å²) >= 11 is 0. The van der Waals surface area contributed by atoms with Crippen LogP contribution in [0.15, 0.2) is 0 Å². The van der Waals surface area contributed by atoms with E-state index in [1.54, 1.807) is 0 Å². The highest BCUT2D eigenvalue weighted by molar-refractivity contribution is 5.71. The molecule has 0 spiro atoms. The number of ether oxygens (including phenoxy) is 3. The Morgan fingerprint density at radius 1 is 1.44 bits per heavy atom. The smallest absolute Gasteiger partial charge is 0.308 e. The third kappa shape index (κ3) is 6.08. The predicted octanol–water partition coefficient (Wildman–Crippen LogP) is 1.77. The molecular formula is C12H22O4. The molecule has 1 saturated heterocycles. The molecule has 4 nitrogen and oxygen atoms in total. The molecule has 2 unspecified atom stereocenters. The normalized spacial score (nSPS) is 20.5. The van der Waals surface area contributed by atoms with Crippen molar-refractivity contribution >= 4 is 5.97 Å². The summed E-state index contributed by atoms with van der Waals surface area (Å²) in [5, 5.41) is 0. The molecule has 1 fully saturated rings. The molecule has 2 atom stereocenters. The third-order valence-corrected chi connectivity index (χ3v) is 2.65. The van der Waals surface area contributed by atoms with Gasteiger partial charge in [-0.2, -0.15) is 0 Å². The fourth-order valence-electron chi connectivity index (χ4n) is 1.17. The molecule has 0 aromatic heterocycles. The zero-order valence-corrected chi connectivity index (χ0v) is 10.2. The van der Waals surface area contributed by atoms with Crippen molar-refractivity contribution in [2.24, 2.45) is 5.92 Å². The van der Waals surface area contributed by atoms with Crippen LogP contribution in [-0.2, 0) is 19.0 Å². The lowest BCUT2D eigenvalue weighted by Gasteiger charge is -2.08. The fraction of sp³-hybridized carbons (Fsp3) is 0.917. The van der Waals surface area contributed by atoms with Crippen molar-refractivity contribution in [3.63, 3.8) is 0 Å². The van der Waals surface area contributed by atoms with E-state index >= 15 is 0 Å². The van der Waals surface area contributed by atoms with E-state index < -0.39 is 0 Å². The molecule has 1 aliphatic rings. The predicted molar refractivity (Wildman–Crippen MR) is 60.2 cm³/mol. The Morgan fingerprint density at radius 3 is 2.75 bits per heavy atom. The second-order valence-electron chi connectivity index (χ2n) is 4.21. The van der Waals surface area contributed by atoms with Gasteiger partial charge in [-0.05, 0) is 19.3 Å². The second kappa shape index (κ2) is 7.63. The van der Waals surface area contributed by atoms with E-state index in [0.717, 1.165) is 32.5 Å². The zero-order valence-electron chi connectivity index (χ0n) is 10.2. The Hall–Kier alpha value is -0.610.